The molecule has 0 spiro atoms. The van der Waals surface area contributed by atoms with Crippen molar-refractivity contribution < 1.29 is 24.2 Å². The molecule has 0 unspecified atom stereocenters. The van der Waals surface area contributed by atoms with Crippen molar-refractivity contribution in [1.82, 2.24) is 15.1 Å². The van der Waals surface area contributed by atoms with Crippen LogP contribution in [0.5, 0.6) is 17.2 Å². The Bertz CT molecular complexity index is 1450. The smallest absolute Gasteiger partial charge is 0.342 e. The zero-order valence-electron chi connectivity index (χ0n) is 20.2. The number of carbonyl (C=O) groups excluding carboxylic acids is 2. The van der Waals surface area contributed by atoms with Gasteiger partial charge in [-0.05, 0) is 48.4 Å². The maximum absolute atomic E-state index is 12.9. The first-order valence-electron chi connectivity index (χ1n) is 12.0. The summed E-state index contributed by atoms with van der Waals surface area (Å²) in [4.78, 5) is 25.6. The van der Waals surface area contributed by atoms with Gasteiger partial charge in [0.15, 0.2) is 11.5 Å². The fourth-order valence-corrected chi connectivity index (χ4v) is 4.08. The number of hydrogen-bond acceptors (Lipinski definition) is 6. The van der Waals surface area contributed by atoms with E-state index in [1.807, 2.05) is 37.3 Å². The molecular formula is C28H26N4O5. The second-order valence-electron chi connectivity index (χ2n) is 8.58. The summed E-state index contributed by atoms with van der Waals surface area (Å²) in [6, 6.07) is 20.8. The Balaban J connectivity index is 1.32. The second kappa shape index (κ2) is 10.4. The van der Waals surface area contributed by atoms with Gasteiger partial charge in [-0.15, -0.1) is 0 Å². The highest BCUT2D eigenvalue weighted by Crippen LogP contribution is 2.34. The van der Waals surface area contributed by atoms with Crippen molar-refractivity contribution in [2.24, 2.45) is 0 Å². The first-order chi connectivity index (χ1) is 18.0. The normalized spacial score (nSPS) is 11.8. The molecule has 188 valence electrons. The van der Waals surface area contributed by atoms with E-state index in [1.54, 1.807) is 36.4 Å². The number of aromatic nitrogens is 2. The number of anilines is 1. The van der Waals surface area contributed by atoms with Crippen LogP contribution in [0.3, 0.4) is 0 Å². The number of aryl methyl sites for hydroxylation is 1. The van der Waals surface area contributed by atoms with Crippen molar-refractivity contribution in [1.29, 1.82) is 0 Å². The number of rotatable bonds is 7. The van der Waals surface area contributed by atoms with Crippen LogP contribution in [-0.4, -0.2) is 33.6 Å². The van der Waals surface area contributed by atoms with Crippen molar-refractivity contribution >= 4 is 17.6 Å². The van der Waals surface area contributed by atoms with Crippen LogP contribution in [0.2, 0.25) is 0 Å². The molecule has 2 heterocycles. The molecule has 0 radical (unpaired) electrons. The van der Waals surface area contributed by atoms with Gasteiger partial charge in [0.1, 0.15) is 5.75 Å². The van der Waals surface area contributed by atoms with Gasteiger partial charge in [0.25, 0.3) is 5.91 Å². The molecule has 0 saturated carbocycles. The first kappa shape index (κ1) is 23.9. The highest BCUT2D eigenvalue weighted by molar-refractivity contribution is 6.05. The van der Waals surface area contributed by atoms with Crippen molar-refractivity contribution in [3.63, 3.8) is 0 Å². The minimum absolute atomic E-state index is 0.0686. The van der Waals surface area contributed by atoms with Crippen LogP contribution in [0.4, 0.5) is 10.5 Å². The topological polar surface area (TPSA) is 115 Å². The Labute approximate surface area is 213 Å². The molecular weight excluding hydrogens is 472 g/mol. The maximum Gasteiger partial charge on any atom is 0.342 e. The minimum Gasteiger partial charge on any atom is -0.507 e. The molecule has 4 aromatic rings. The van der Waals surface area contributed by atoms with Crippen LogP contribution in [-0.2, 0) is 13.0 Å². The third kappa shape index (κ3) is 5.25. The van der Waals surface area contributed by atoms with Gasteiger partial charge >= 0.3 is 6.03 Å². The molecule has 37 heavy (non-hydrogen) atoms. The SMILES string of the molecule is CCCc1cc(-c2ccc(NC(=O)c3ccc4c(c3)OCO4)cc2O)nn1C(=O)NCc1ccccc1. The summed E-state index contributed by atoms with van der Waals surface area (Å²) in [5.74, 6) is 0.683. The average molecular weight is 499 g/mol. The van der Waals surface area contributed by atoms with Crippen molar-refractivity contribution in [3.05, 3.63) is 89.6 Å². The van der Waals surface area contributed by atoms with Crippen LogP contribution >= 0.6 is 0 Å². The van der Waals surface area contributed by atoms with Crippen LogP contribution in [0, 0.1) is 0 Å². The molecule has 0 bridgehead atoms. The molecule has 9 nitrogen and oxygen atoms in total. The molecule has 2 amide bonds. The summed E-state index contributed by atoms with van der Waals surface area (Å²) in [5, 5.41) is 20.9. The summed E-state index contributed by atoms with van der Waals surface area (Å²) < 4.78 is 11.9. The van der Waals surface area contributed by atoms with Gasteiger partial charge in [0, 0.05) is 35.1 Å². The number of carbonyl (C=O) groups is 2. The fourth-order valence-electron chi connectivity index (χ4n) is 4.08. The Morgan fingerprint density at radius 3 is 2.59 bits per heavy atom. The van der Waals surface area contributed by atoms with E-state index in [4.69, 9.17) is 9.47 Å². The highest BCUT2D eigenvalue weighted by atomic mass is 16.7. The Hall–Kier alpha value is -4.79. The van der Waals surface area contributed by atoms with Gasteiger partial charge in [0.05, 0.1) is 5.69 Å². The number of phenolic OH excluding ortho intramolecular Hbond substituents is 1. The lowest BCUT2D eigenvalue weighted by molar-refractivity contribution is 0.102. The van der Waals surface area contributed by atoms with Crippen LogP contribution in [0.25, 0.3) is 11.3 Å². The molecule has 3 aromatic carbocycles. The largest absolute Gasteiger partial charge is 0.507 e. The minimum atomic E-state index is -0.352. The summed E-state index contributed by atoms with van der Waals surface area (Å²) in [6.07, 6.45) is 1.48. The quantitative estimate of drug-likeness (QED) is 0.332. The molecule has 3 N–H and O–H groups in total. The molecule has 9 heteroatoms. The van der Waals surface area contributed by atoms with E-state index in [0.717, 1.165) is 17.7 Å². The lowest BCUT2D eigenvalue weighted by Gasteiger charge is -2.09. The lowest BCUT2D eigenvalue weighted by atomic mass is 10.1. The summed E-state index contributed by atoms with van der Waals surface area (Å²) in [5.41, 5.74) is 3.45. The molecule has 1 aromatic heterocycles. The number of aromatic hydroxyl groups is 1. The van der Waals surface area contributed by atoms with Crippen molar-refractivity contribution in [2.75, 3.05) is 12.1 Å². The Morgan fingerprint density at radius 2 is 1.81 bits per heavy atom. The van der Waals surface area contributed by atoms with Crippen LogP contribution in [0.1, 0.15) is 35.0 Å². The Morgan fingerprint density at radius 1 is 1.00 bits per heavy atom. The van der Waals surface area contributed by atoms with Crippen molar-refractivity contribution in [3.8, 4) is 28.5 Å². The summed E-state index contributed by atoms with van der Waals surface area (Å²) in [7, 11) is 0. The van der Waals surface area contributed by atoms with E-state index >= 15 is 0 Å². The van der Waals surface area contributed by atoms with E-state index in [-0.39, 0.29) is 24.5 Å². The molecule has 0 fully saturated rings. The van der Waals surface area contributed by atoms with Gasteiger partial charge in [0.2, 0.25) is 6.79 Å². The molecule has 0 aliphatic carbocycles. The molecule has 1 aliphatic heterocycles. The molecule has 0 atom stereocenters. The lowest BCUT2D eigenvalue weighted by Crippen LogP contribution is -2.30. The number of nitrogens with one attached hydrogen (secondary N) is 2. The maximum atomic E-state index is 12.9. The third-order valence-electron chi connectivity index (χ3n) is 5.93. The zero-order valence-corrected chi connectivity index (χ0v) is 20.2. The monoisotopic (exact) mass is 498 g/mol. The van der Waals surface area contributed by atoms with E-state index < -0.39 is 0 Å². The van der Waals surface area contributed by atoms with Gasteiger partial charge in [-0.2, -0.15) is 9.78 Å². The van der Waals surface area contributed by atoms with Crippen molar-refractivity contribution in [2.45, 2.75) is 26.3 Å². The molecule has 0 saturated heterocycles. The second-order valence-corrected chi connectivity index (χ2v) is 8.58. The number of nitrogens with zero attached hydrogens (tertiary/aromatic N) is 2. The average Bonchev–Trinajstić information content (AvgIpc) is 3.55. The number of benzene rings is 3. The van der Waals surface area contributed by atoms with Crippen LogP contribution in [0.15, 0.2) is 72.8 Å². The van der Waals surface area contributed by atoms with Gasteiger partial charge < -0.3 is 25.2 Å². The fraction of sp³-hybridized carbons (Fsp3) is 0.179. The van der Waals surface area contributed by atoms with E-state index in [1.165, 1.54) is 10.7 Å². The van der Waals surface area contributed by atoms with Gasteiger partial charge in [-0.3, -0.25) is 4.79 Å². The van der Waals surface area contributed by atoms with Crippen LogP contribution < -0.4 is 20.1 Å². The van der Waals surface area contributed by atoms with E-state index in [9.17, 15) is 14.7 Å². The number of phenols is 1. The molecule has 1 aliphatic rings. The summed E-state index contributed by atoms with van der Waals surface area (Å²) in [6.45, 7) is 2.53. The van der Waals surface area contributed by atoms with Gasteiger partial charge in [-0.1, -0.05) is 43.7 Å². The first-order valence-corrected chi connectivity index (χ1v) is 12.0. The third-order valence-corrected chi connectivity index (χ3v) is 5.93. The highest BCUT2D eigenvalue weighted by Gasteiger charge is 2.19. The standard InChI is InChI=1S/C28H26N4O5/c1-2-6-21-15-23(31-32(21)28(35)29-16-18-7-4-3-5-8-18)22-11-10-20(14-24(22)33)30-27(34)19-9-12-25-26(13-19)37-17-36-25/h3-5,7-15,33H,2,6,16-17H2,1H3,(H,29,35)(H,30,34). The van der Waals surface area contributed by atoms with E-state index in [2.05, 4.69) is 15.7 Å². The number of hydrogen-bond donors (Lipinski definition) is 3. The summed E-state index contributed by atoms with van der Waals surface area (Å²) >= 11 is 0. The number of amides is 2. The van der Waals surface area contributed by atoms with E-state index in [0.29, 0.717) is 47.0 Å². The predicted octanol–water partition coefficient (Wildman–Crippen LogP) is 4.95. The van der Waals surface area contributed by atoms with Gasteiger partial charge in [-0.25, -0.2) is 4.79 Å². The number of ether oxygens (including phenoxy) is 2. The zero-order chi connectivity index (χ0) is 25.8. The number of fused-ring (bicyclic) bond motifs is 1. The predicted molar refractivity (Wildman–Crippen MR) is 138 cm³/mol. The molecule has 5 rings (SSSR count). The Kier molecular flexibility index (Phi) is 6.76.